The first-order chi connectivity index (χ1) is 13.3. The van der Waals surface area contributed by atoms with E-state index in [1.807, 2.05) is 13.8 Å². The van der Waals surface area contributed by atoms with E-state index >= 15 is 0 Å². The van der Waals surface area contributed by atoms with Gasteiger partial charge in [-0.15, -0.1) is 10.2 Å². The Hall–Kier alpha value is -2.75. The van der Waals surface area contributed by atoms with Crippen LogP contribution in [0.4, 0.5) is 18.3 Å². The molecular formula is C18H18F3N5OS. The molecule has 0 radical (unpaired) electrons. The van der Waals surface area contributed by atoms with E-state index < -0.39 is 23.3 Å². The highest BCUT2D eigenvalue weighted by molar-refractivity contribution is 7.15. The standard InChI is InChI=1S/C18H18F3N5OS/c1-3-4-5-14-24-25-17(28-14)23-16(27)13-10-22-26(15(13)18(19,20)21)12-8-6-11(2)7-9-12/h6-10H,3-5H2,1-2H3,(H,23,25,27). The highest BCUT2D eigenvalue weighted by atomic mass is 32.1. The molecule has 6 nitrogen and oxygen atoms in total. The van der Waals surface area contributed by atoms with Gasteiger partial charge in [0.25, 0.3) is 5.91 Å². The molecule has 148 valence electrons. The third kappa shape index (κ3) is 4.38. The third-order valence-electron chi connectivity index (χ3n) is 3.99. The van der Waals surface area contributed by atoms with Crippen molar-refractivity contribution < 1.29 is 18.0 Å². The molecule has 0 bridgehead atoms. The van der Waals surface area contributed by atoms with Crippen LogP contribution in [0.5, 0.6) is 0 Å². The summed E-state index contributed by atoms with van der Waals surface area (Å²) in [5.74, 6) is -0.927. The second-order valence-corrected chi connectivity index (χ2v) is 7.27. The molecule has 0 saturated heterocycles. The number of halogens is 3. The van der Waals surface area contributed by atoms with Crippen molar-refractivity contribution in [3.8, 4) is 5.69 Å². The molecule has 1 aromatic carbocycles. The van der Waals surface area contributed by atoms with Crippen molar-refractivity contribution in [2.24, 2.45) is 0 Å². The Morgan fingerprint density at radius 1 is 1.21 bits per heavy atom. The average Bonchev–Trinajstić information content (AvgIpc) is 3.27. The summed E-state index contributed by atoms with van der Waals surface area (Å²) in [4.78, 5) is 12.5. The topological polar surface area (TPSA) is 72.7 Å². The number of nitrogens with zero attached hydrogens (tertiary/aromatic N) is 4. The number of unbranched alkanes of at least 4 members (excludes halogenated alkanes) is 1. The minimum absolute atomic E-state index is 0.160. The number of aromatic nitrogens is 4. The molecule has 1 amide bonds. The lowest BCUT2D eigenvalue weighted by Gasteiger charge is -2.12. The van der Waals surface area contributed by atoms with Crippen LogP contribution >= 0.6 is 11.3 Å². The molecule has 3 rings (SSSR count). The van der Waals surface area contributed by atoms with Gasteiger partial charge in [0.2, 0.25) is 5.13 Å². The molecular weight excluding hydrogens is 391 g/mol. The van der Waals surface area contributed by atoms with E-state index in [0.717, 1.165) is 45.6 Å². The van der Waals surface area contributed by atoms with Crippen LogP contribution in [0.25, 0.3) is 5.69 Å². The lowest BCUT2D eigenvalue weighted by molar-refractivity contribution is -0.143. The van der Waals surface area contributed by atoms with E-state index in [2.05, 4.69) is 20.6 Å². The largest absolute Gasteiger partial charge is 0.434 e. The van der Waals surface area contributed by atoms with Gasteiger partial charge in [0.1, 0.15) is 5.01 Å². The summed E-state index contributed by atoms with van der Waals surface area (Å²) in [6, 6.07) is 6.39. The molecule has 1 N–H and O–H groups in total. The molecule has 0 saturated carbocycles. The molecule has 0 aliphatic heterocycles. The van der Waals surface area contributed by atoms with Crippen LogP contribution in [0.3, 0.4) is 0 Å². The fraction of sp³-hybridized carbons (Fsp3) is 0.333. The van der Waals surface area contributed by atoms with E-state index in [1.165, 1.54) is 12.1 Å². The zero-order valence-corrected chi connectivity index (χ0v) is 16.1. The number of nitrogens with one attached hydrogen (secondary N) is 1. The van der Waals surface area contributed by atoms with Crippen molar-refractivity contribution in [2.75, 3.05) is 5.32 Å². The van der Waals surface area contributed by atoms with Crippen molar-refractivity contribution in [3.05, 3.63) is 52.3 Å². The number of anilines is 1. The maximum atomic E-state index is 13.7. The maximum Gasteiger partial charge on any atom is 0.434 e. The lowest BCUT2D eigenvalue weighted by Crippen LogP contribution is -2.20. The van der Waals surface area contributed by atoms with Crippen molar-refractivity contribution in [3.63, 3.8) is 0 Å². The summed E-state index contributed by atoms with van der Waals surface area (Å²) in [6.07, 6.45) is -1.24. The monoisotopic (exact) mass is 409 g/mol. The van der Waals surface area contributed by atoms with Crippen LogP contribution in [0.15, 0.2) is 30.5 Å². The first-order valence-electron chi connectivity index (χ1n) is 8.65. The van der Waals surface area contributed by atoms with Gasteiger partial charge in [-0.1, -0.05) is 42.4 Å². The number of rotatable bonds is 6. The predicted molar refractivity (Wildman–Crippen MR) is 99.8 cm³/mol. The van der Waals surface area contributed by atoms with E-state index in [4.69, 9.17) is 0 Å². The molecule has 0 aliphatic carbocycles. The van der Waals surface area contributed by atoms with E-state index in [9.17, 15) is 18.0 Å². The van der Waals surface area contributed by atoms with Crippen molar-refractivity contribution >= 4 is 22.4 Å². The SMILES string of the molecule is CCCCc1nnc(NC(=O)c2cnn(-c3ccc(C)cc3)c2C(F)(F)F)s1. The second kappa shape index (κ2) is 8.09. The minimum atomic E-state index is -4.76. The smallest absolute Gasteiger partial charge is 0.296 e. The molecule has 28 heavy (non-hydrogen) atoms. The zero-order chi connectivity index (χ0) is 20.3. The molecule has 2 aromatic heterocycles. The van der Waals surface area contributed by atoms with Gasteiger partial charge in [-0.3, -0.25) is 10.1 Å². The molecule has 2 heterocycles. The Morgan fingerprint density at radius 3 is 2.57 bits per heavy atom. The summed E-state index contributed by atoms with van der Waals surface area (Å²) in [7, 11) is 0. The average molecular weight is 409 g/mol. The minimum Gasteiger partial charge on any atom is -0.296 e. The lowest BCUT2D eigenvalue weighted by atomic mass is 10.2. The van der Waals surface area contributed by atoms with E-state index in [-0.39, 0.29) is 10.8 Å². The van der Waals surface area contributed by atoms with Gasteiger partial charge >= 0.3 is 6.18 Å². The number of benzene rings is 1. The van der Waals surface area contributed by atoms with Crippen molar-refractivity contribution in [1.82, 2.24) is 20.0 Å². The number of carbonyl (C=O) groups excluding carboxylic acids is 1. The quantitative estimate of drug-likeness (QED) is 0.643. The predicted octanol–water partition coefficient (Wildman–Crippen LogP) is 4.65. The molecule has 10 heteroatoms. The Morgan fingerprint density at radius 2 is 1.93 bits per heavy atom. The van der Waals surface area contributed by atoms with Crippen LogP contribution in [0.1, 0.15) is 46.4 Å². The van der Waals surface area contributed by atoms with Crippen LogP contribution in [0, 0.1) is 6.92 Å². The Balaban J connectivity index is 1.90. The van der Waals surface area contributed by atoms with Crippen molar-refractivity contribution in [2.45, 2.75) is 39.3 Å². The van der Waals surface area contributed by atoms with E-state index in [0.29, 0.717) is 6.42 Å². The Labute approximate surface area is 163 Å². The first-order valence-corrected chi connectivity index (χ1v) is 9.47. The Kier molecular flexibility index (Phi) is 5.78. The summed E-state index contributed by atoms with van der Waals surface area (Å²) in [6.45, 7) is 3.86. The summed E-state index contributed by atoms with van der Waals surface area (Å²) >= 11 is 1.15. The number of alkyl halides is 3. The molecule has 0 fully saturated rings. The van der Waals surface area contributed by atoms with Gasteiger partial charge < -0.3 is 0 Å². The fourth-order valence-corrected chi connectivity index (χ4v) is 3.34. The number of hydrogen-bond acceptors (Lipinski definition) is 5. The van der Waals surface area contributed by atoms with Gasteiger partial charge in [-0.25, -0.2) is 4.68 Å². The molecule has 0 unspecified atom stereocenters. The number of aryl methyl sites for hydroxylation is 2. The highest BCUT2D eigenvalue weighted by Crippen LogP contribution is 2.34. The van der Waals surface area contributed by atoms with Crippen LogP contribution in [-0.2, 0) is 12.6 Å². The first kappa shape index (κ1) is 20.0. The van der Waals surface area contributed by atoms with Gasteiger partial charge in [0.05, 0.1) is 17.4 Å². The van der Waals surface area contributed by atoms with Crippen LogP contribution in [-0.4, -0.2) is 25.9 Å². The maximum absolute atomic E-state index is 13.7. The van der Waals surface area contributed by atoms with Crippen LogP contribution < -0.4 is 5.32 Å². The molecule has 3 aromatic rings. The van der Waals surface area contributed by atoms with Gasteiger partial charge in [0.15, 0.2) is 5.69 Å². The van der Waals surface area contributed by atoms with Gasteiger partial charge in [-0.05, 0) is 25.5 Å². The summed E-state index contributed by atoms with van der Waals surface area (Å²) in [5, 5.41) is 14.8. The fourth-order valence-electron chi connectivity index (χ4n) is 2.57. The normalized spacial score (nSPS) is 11.6. The zero-order valence-electron chi connectivity index (χ0n) is 15.2. The third-order valence-corrected chi connectivity index (χ3v) is 4.89. The second-order valence-electron chi connectivity index (χ2n) is 6.21. The molecule has 0 aliphatic rings. The van der Waals surface area contributed by atoms with E-state index in [1.54, 1.807) is 12.1 Å². The van der Waals surface area contributed by atoms with Crippen LogP contribution in [0.2, 0.25) is 0 Å². The summed E-state index contributed by atoms with van der Waals surface area (Å²) in [5.41, 5.74) is -0.588. The van der Waals surface area contributed by atoms with Gasteiger partial charge in [-0.2, -0.15) is 18.3 Å². The molecule has 0 spiro atoms. The van der Waals surface area contributed by atoms with Crippen molar-refractivity contribution in [1.29, 1.82) is 0 Å². The number of hydrogen-bond donors (Lipinski definition) is 1. The number of amides is 1. The Bertz CT molecular complexity index is 963. The molecule has 0 atom stereocenters. The summed E-state index contributed by atoms with van der Waals surface area (Å²) < 4.78 is 41.8. The highest BCUT2D eigenvalue weighted by Gasteiger charge is 2.40. The van der Waals surface area contributed by atoms with Gasteiger partial charge in [0, 0.05) is 6.42 Å². The number of carbonyl (C=O) groups is 1.